The molecule has 21 heavy (non-hydrogen) atoms. The molecule has 0 amide bonds. The molecule has 0 bridgehead atoms. The van der Waals surface area contributed by atoms with Gasteiger partial charge < -0.3 is 10.3 Å². The van der Waals surface area contributed by atoms with E-state index in [0.717, 1.165) is 17.0 Å². The molecule has 0 spiro atoms. The summed E-state index contributed by atoms with van der Waals surface area (Å²) >= 11 is 0. The summed E-state index contributed by atoms with van der Waals surface area (Å²) in [4.78, 5) is 0. The highest BCUT2D eigenvalue weighted by Crippen LogP contribution is 2.32. The van der Waals surface area contributed by atoms with Crippen LogP contribution in [0.25, 0.3) is 6.08 Å². The maximum absolute atomic E-state index is 9.56. The molecule has 108 valence electrons. The van der Waals surface area contributed by atoms with Crippen molar-refractivity contribution in [3.63, 3.8) is 0 Å². The molecule has 2 aromatic carbocycles. The van der Waals surface area contributed by atoms with Gasteiger partial charge in [-0.1, -0.05) is 60.7 Å². The molecule has 0 aliphatic heterocycles. The van der Waals surface area contributed by atoms with Gasteiger partial charge in [0.15, 0.2) is 0 Å². The minimum absolute atomic E-state index is 0.342. The summed E-state index contributed by atoms with van der Waals surface area (Å²) in [6.45, 7) is -0.0172. The number of aliphatic hydroxyl groups excluding tert-OH is 1. The number of hydrogen-bond acceptors (Lipinski definition) is 3. The lowest BCUT2D eigenvalue weighted by molar-refractivity contribution is -0.149. The van der Waals surface area contributed by atoms with Crippen molar-refractivity contribution in [2.75, 3.05) is 6.73 Å². The van der Waals surface area contributed by atoms with Crippen molar-refractivity contribution in [3.05, 3.63) is 76.9 Å². The largest absolute Gasteiger partial charge is 0.379 e. The van der Waals surface area contributed by atoms with E-state index >= 15 is 0 Å². The average molecular weight is 281 g/mol. The van der Waals surface area contributed by atoms with E-state index in [9.17, 15) is 5.21 Å². The van der Waals surface area contributed by atoms with Gasteiger partial charge in [0.05, 0.1) is 6.54 Å². The summed E-state index contributed by atoms with van der Waals surface area (Å²) in [5.41, 5.74) is 4.82. The third-order valence-corrected chi connectivity index (χ3v) is 3.99. The molecular formula is C18H19NO2. The molecule has 1 aliphatic rings. The predicted molar refractivity (Wildman–Crippen MR) is 82.8 cm³/mol. The van der Waals surface area contributed by atoms with Gasteiger partial charge in [-0.05, 0) is 28.7 Å². The van der Waals surface area contributed by atoms with Crippen LogP contribution in [0.1, 0.15) is 28.2 Å². The Bertz CT molecular complexity index is 637. The van der Waals surface area contributed by atoms with Crippen molar-refractivity contribution in [1.29, 1.82) is 0 Å². The lowest BCUT2D eigenvalue weighted by Gasteiger charge is -2.23. The van der Waals surface area contributed by atoms with E-state index in [1.165, 1.54) is 16.7 Å². The van der Waals surface area contributed by atoms with E-state index in [1.807, 2.05) is 18.2 Å². The number of hydroxylamine groups is 2. The van der Waals surface area contributed by atoms with E-state index in [4.69, 9.17) is 5.11 Å². The number of nitrogens with zero attached hydrogens (tertiary/aromatic N) is 1. The smallest absolute Gasteiger partial charge is 0.119 e. The SMILES string of the molecule is OCN(O)Cc1cccc2c1CC(c1ccccc1)C=C2. The van der Waals surface area contributed by atoms with Gasteiger partial charge >= 0.3 is 0 Å². The summed E-state index contributed by atoms with van der Waals surface area (Å²) in [5.74, 6) is 0.362. The summed E-state index contributed by atoms with van der Waals surface area (Å²) in [5, 5.41) is 19.5. The third kappa shape index (κ3) is 3.05. The van der Waals surface area contributed by atoms with Gasteiger partial charge in [-0.2, -0.15) is 5.06 Å². The first-order valence-corrected chi connectivity index (χ1v) is 7.16. The molecule has 2 N–H and O–H groups in total. The van der Waals surface area contributed by atoms with Crippen molar-refractivity contribution >= 4 is 6.08 Å². The molecule has 3 nitrogen and oxygen atoms in total. The van der Waals surface area contributed by atoms with E-state index in [1.54, 1.807) is 0 Å². The maximum Gasteiger partial charge on any atom is 0.119 e. The predicted octanol–water partition coefficient (Wildman–Crippen LogP) is 3.18. The van der Waals surface area contributed by atoms with Crippen LogP contribution in [0.4, 0.5) is 0 Å². The Morgan fingerprint density at radius 2 is 1.86 bits per heavy atom. The summed E-state index contributed by atoms with van der Waals surface area (Å²) in [7, 11) is 0. The minimum Gasteiger partial charge on any atom is -0.379 e. The Kier molecular flexibility index (Phi) is 4.15. The van der Waals surface area contributed by atoms with E-state index in [-0.39, 0.29) is 6.73 Å². The van der Waals surface area contributed by atoms with Crippen LogP contribution in [0, 0.1) is 0 Å². The molecular weight excluding hydrogens is 262 g/mol. The zero-order valence-corrected chi connectivity index (χ0v) is 11.8. The fourth-order valence-corrected chi connectivity index (χ4v) is 2.89. The molecule has 0 saturated heterocycles. The normalized spacial score (nSPS) is 17.0. The molecule has 0 radical (unpaired) electrons. The van der Waals surface area contributed by atoms with Gasteiger partial charge in [0.1, 0.15) is 6.73 Å². The number of hydrogen-bond donors (Lipinski definition) is 2. The molecule has 3 heteroatoms. The zero-order chi connectivity index (χ0) is 14.7. The molecule has 0 aromatic heterocycles. The van der Waals surface area contributed by atoms with Crippen molar-refractivity contribution in [3.8, 4) is 0 Å². The highest BCUT2D eigenvalue weighted by molar-refractivity contribution is 5.60. The van der Waals surface area contributed by atoms with Gasteiger partial charge in [0.2, 0.25) is 0 Å². The van der Waals surface area contributed by atoms with Crippen molar-refractivity contribution in [1.82, 2.24) is 5.06 Å². The van der Waals surface area contributed by atoms with Crippen LogP contribution in [0.15, 0.2) is 54.6 Å². The van der Waals surface area contributed by atoms with Gasteiger partial charge in [0, 0.05) is 5.92 Å². The molecule has 1 atom stereocenters. The summed E-state index contributed by atoms with van der Waals surface area (Å²) < 4.78 is 0. The Morgan fingerprint density at radius 1 is 1.05 bits per heavy atom. The third-order valence-electron chi connectivity index (χ3n) is 3.99. The van der Waals surface area contributed by atoms with Gasteiger partial charge in [-0.25, -0.2) is 0 Å². The monoisotopic (exact) mass is 281 g/mol. The van der Waals surface area contributed by atoms with Crippen LogP contribution in [-0.4, -0.2) is 22.1 Å². The number of rotatable bonds is 4. The van der Waals surface area contributed by atoms with Gasteiger partial charge in [-0.15, -0.1) is 0 Å². The van der Waals surface area contributed by atoms with E-state index < -0.39 is 0 Å². The Labute approximate surface area is 124 Å². The second-order valence-corrected chi connectivity index (χ2v) is 5.37. The molecule has 2 aromatic rings. The summed E-state index contributed by atoms with van der Waals surface area (Å²) in [6, 6.07) is 16.5. The van der Waals surface area contributed by atoms with Gasteiger partial charge in [0.25, 0.3) is 0 Å². The van der Waals surface area contributed by atoms with Crippen LogP contribution in [0.5, 0.6) is 0 Å². The Morgan fingerprint density at radius 3 is 2.62 bits per heavy atom. The van der Waals surface area contributed by atoms with Crippen LogP contribution < -0.4 is 0 Å². The lowest BCUT2D eigenvalue weighted by atomic mass is 9.83. The number of aliphatic hydroxyl groups is 1. The van der Waals surface area contributed by atoms with Crippen LogP contribution >= 0.6 is 0 Å². The maximum atomic E-state index is 9.56. The van der Waals surface area contributed by atoms with Crippen LogP contribution in [0.2, 0.25) is 0 Å². The van der Waals surface area contributed by atoms with Crippen molar-refractivity contribution < 1.29 is 10.3 Å². The first-order valence-electron chi connectivity index (χ1n) is 7.16. The Balaban J connectivity index is 1.90. The van der Waals surface area contributed by atoms with E-state index in [0.29, 0.717) is 12.5 Å². The topological polar surface area (TPSA) is 43.7 Å². The molecule has 3 rings (SSSR count). The molecule has 1 unspecified atom stereocenters. The number of fused-ring (bicyclic) bond motifs is 1. The van der Waals surface area contributed by atoms with Crippen molar-refractivity contribution in [2.45, 2.75) is 18.9 Å². The Hall–Kier alpha value is -1.94. The zero-order valence-electron chi connectivity index (χ0n) is 11.8. The molecule has 0 saturated carbocycles. The second kappa shape index (κ2) is 6.22. The second-order valence-electron chi connectivity index (χ2n) is 5.37. The molecule has 0 heterocycles. The fourth-order valence-electron chi connectivity index (χ4n) is 2.89. The first-order chi connectivity index (χ1) is 10.3. The van der Waals surface area contributed by atoms with Gasteiger partial charge in [-0.3, -0.25) is 0 Å². The van der Waals surface area contributed by atoms with Crippen molar-refractivity contribution in [2.24, 2.45) is 0 Å². The standard InChI is InChI=1S/C18H19NO2/c20-13-19(21)12-17-8-4-7-15-9-10-16(11-18(15)17)14-5-2-1-3-6-14/h1-10,16,20-21H,11-13H2. The number of allylic oxidation sites excluding steroid dienone is 1. The highest BCUT2D eigenvalue weighted by Gasteiger charge is 2.18. The van der Waals surface area contributed by atoms with Crippen LogP contribution in [-0.2, 0) is 13.0 Å². The highest BCUT2D eigenvalue weighted by atomic mass is 16.5. The fraction of sp³-hybridized carbons (Fsp3) is 0.222. The number of benzene rings is 2. The quantitative estimate of drug-likeness (QED) is 0.668. The average Bonchev–Trinajstić information content (AvgIpc) is 2.55. The van der Waals surface area contributed by atoms with E-state index in [2.05, 4.69) is 42.5 Å². The lowest BCUT2D eigenvalue weighted by Crippen LogP contribution is -2.21. The minimum atomic E-state index is -0.360. The molecule has 0 fully saturated rings. The summed E-state index contributed by atoms with van der Waals surface area (Å²) in [6.07, 6.45) is 5.32. The molecule has 1 aliphatic carbocycles. The first kappa shape index (κ1) is 14.0. The van der Waals surface area contributed by atoms with Crippen LogP contribution in [0.3, 0.4) is 0 Å².